The highest BCUT2D eigenvalue weighted by Gasteiger charge is 2.43. The maximum Gasteiger partial charge on any atom is 0.233 e. The van der Waals surface area contributed by atoms with E-state index in [1.807, 2.05) is 7.05 Å². The van der Waals surface area contributed by atoms with E-state index in [4.69, 9.17) is 10.9 Å². The number of amides is 1. The Labute approximate surface area is 115 Å². The molecule has 0 radical (unpaired) electrons. The molecule has 6 heteroatoms. The van der Waals surface area contributed by atoms with E-state index in [2.05, 4.69) is 22.3 Å². The average molecular weight is 270 g/mol. The Hall–Kier alpha value is -1.30. The minimum Gasteiger partial charge on any atom is -0.409 e. The van der Waals surface area contributed by atoms with Crippen molar-refractivity contribution in [3.8, 4) is 0 Å². The lowest BCUT2D eigenvalue weighted by molar-refractivity contribution is -0.129. The van der Waals surface area contributed by atoms with E-state index in [0.29, 0.717) is 19.4 Å². The Morgan fingerprint density at radius 2 is 2.05 bits per heavy atom. The van der Waals surface area contributed by atoms with E-state index < -0.39 is 5.41 Å². The molecule has 1 fully saturated rings. The number of likely N-dealkylation sites (N-methyl/N-ethyl adjacent to an activating group) is 1. The minimum absolute atomic E-state index is 0.0496. The van der Waals surface area contributed by atoms with Gasteiger partial charge >= 0.3 is 0 Å². The molecule has 6 nitrogen and oxygen atoms in total. The van der Waals surface area contributed by atoms with Crippen LogP contribution >= 0.6 is 0 Å². The molecule has 19 heavy (non-hydrogen) atoms. The average Bonchev–Trinajstić information content (AvgIpc) is 2.46. The Morgan fingerprint density at radius 3 is 2.58 bits per heavy atom. The van der Waals surface area contributed by atoms with Gasteiger partial charge in [0, 0.05) is 13.1 Å². The van der Waals surface area contributed by atoms with Gasteiger partial charge in [-0.25, -0.2) is 0 Å². The zero-order chi connectivity index (χ0) is 14.3. The molecular weight excluding hydrogens is 244 g/mol. The lowest BCUT2D eigenvalue weighted by atomic mass is 9.72. The van der Waals surface area contributed by atoms with Gasteiger partial charge in [-0.2, -0.15) is 0 Å². The van der Waals surface area contributed by atoms with Gasteiger partial charge in [0.2, 0.25) is 5.91 Å². The zero-order valence-corrected chi connectivity index (χ0v) is 12.0. The summed E-state index contributed by atoms with van der Waals surface area (Å²) in [4.78, 5) is 14.5. The third-order valence-electron chi connectivity index (χ3n) is 4.06. The summed E-state index contributed by atoms with van der Waals surface area (Å²) in [5, 5.41) is 14.9. The van der Waals surface area contributed by atoms with E-state index in [1.165, 1.54) is 0 Å². The van der Waals surface area contributed by atoms with Gasteiger partial charge in [-0.3, -0.25) is 4.79 Å². The first-order chi connectivity index (χ1) is 9.06. The van der Waals surface area contributed by atoms with Crippen LogP contribution in [0.25, 0.3) is 0 Å². The van der Waals surface area contributed by atoms with Crippen molar-refractivity contribution >= 4 is 11.7 Å². The van der Waals surface area contributed by atoms with Crippen molar-refractivity contribution in [1.29, 1.82) is 0 Å². The number of carbonyl (C=O) groups is 1. The van der Waals surface area contributed by atoms with E-state index >= 15 is 0 Å². The number of hydrogen-bond donors (Lipinski definition) is 3. The maximum atomic E-state index is 12.4. The number of nitrogens with two attached hydrogens (primary N) is 1. The SMILES string of the molecule is CCN(C)CCNC(=O)C1(C(N)=NO)CCCCC1. The fraction of sp³-hybridized carbons (Fsp3) is 0.846. The van der Waals surface area contributed by atoms with Crippen LogP contribution in [0.1, 0.15) is 39.0 Å². The molecule has 1 saturated carbocycles. The number of amidine groups is 1. The van der Waals surface area contributed by atoms with Crippen LogP contribution in [-0.2, 0) is 4.79 Å². The van der Waals surface area contributed by atoms with E-state index in [9.17, 15) is 4.79 Å². The largest absolute Gasteiger partial charge is 0.409 e. The van der Waals surface area contributed by atoms with Crippen molar-refractivity contribution in [2.24, 2.45) is 16.3 Å². The lowest BCUT2D eigenvalue weighted by Gasteiger charge is -2.34. The van der Waals surface area contributed by atoms with Crippen LogP contribution in [0.4, 0.5) is 0 Å². The third kappa shape index (κ3) is 3.83. The topological polar surface area (TPSA) is 91.0 Å². The number of nitrogens with one attached hydrogen (secondary N) is 1. The number of rotatable bonds is 6. The minimum atomic E-state index is -0.808. The molecular formula is C13H26N4O2. The summed E-state index contributed by atoms with van der Waals surface area (Å²) >= 11 is 0. The van der Waals surface area contributed by atoms with E-state index in [-0.39, 0.29) is 11.7 Å². The van der Waals surface area contributed by atoms with Crippen molar-refractivity contribution in [2.45, 2.75) is 39.0 Å². The molecule has 0 aromatic rings. The predicted molar refractivity (Wildman–Crippen MR) is 75.1 cm³/mol. The van der Waals surface area contributed by atoms with Gasteiger partial charge < -0.3 is 21.2 Å². The summed E-state index contributed by atoms with van der Waals surface area (Å²) in [6.45, 7) is 4.40. The molecule has 1 aliphatic carbocycles. The molecule has 0 heterocycles. The summed E-state index contributed by atoms with van der Waals surface area (Å²) in [7, 11) is 2.01. The van der Waals surface area contributed by atoms with Crippen LogP contribution in [-0.4, -0.2) is 48.5 Å². The Kier molecular flexibility index (Phi) is 6.08. The highest BCUT2D eigenvalue weighted by Crippen LogP contribution is 2.36. The van der Waals surface area contributed by atoms with Gasteiger partial charge in [-0.05, 0) is 26.4 Å². The first-order valence-corrected chi connectivity index (χ1v) is 7.01. The Morgan fingerprint density at radius 1 is 1.42 bits per heavy atom. The molecule has 110 valence electrons. The Bertz CT molecular complexity index is 325. The van der Waals surface area contributed by atoms with Crippen molar-refractivity contribution in [1.82, 2.24) is 10.2 Å². The van der Waals surface area contributed by atoms with Gasteiger partial charge in [-0.1, -0.05) is 31.3 Å². The van der Waals surface area contributed by atoms with E-state index in [0.717, 1.165) is 32.4 Å². The molecule has 0 spiro atoms. The van der Waals surface area contributed by atoms with Crippen molar-refractivity contribution in [3.63, 3.8) is 0 Å². The number of oxime groups is 1. The second-order valence-corrected chi connectivity index (χ2v) is 5.28. The maximum absolute atomic E-state index is 12.4. The molecule has 1 aliphatic rings. The summed E-state index contributed by atoms with van der Waals surface area (Å²) in [5.74, 6) is -0.0550. The molecule has 0 unspecified atom stereocenters. The highest BCUT2D eigenvalue weighted by atomic mass is 16.4. The zero-order valence-electron chi connectivity index (χ0n) is 12.0. The van der Waals surface area contributed by atoms with Crippen LogP contribution in [0.15, 0.2) is 5.16 Å². The van der Waals surface area contributed by atoms with Crippen molar-refractivity contribution in [2.75, 3.05) is 26.7 Å². The molecule has 1 amide bonds. The summed E-state index contributed by atoms with van der Waals surface area (Å²) in [5.41, 5.74) is 4.96. The normalized spacial score (nSPS) is 19.4. The summed E-state index contributed by atoms with van der Waals surface area (Å²) in [6.07, 6.45) is 4.32. The van der Waals surface area contributed by atoms with Crippen molar-refractivity contribution in [3.05, 3.63) is 0 Å². The van der Waals surface area contributed by atoms with Gasteiger partial charge in [0.1, 0.15) is 5.41 Å². The first-order valence-electron chi connectivity index (χ1n) is 7.01. The number of hydrogen-bond acceptors (Lipinski definition) is 4. The fourth-order valence-electron chi connectivity index (χ4n) is 2.54. The van der Waals surface area contributed by atoms with E-state index in [1.54, 1.807) is 0 Å². The second kappa shape index (κ2) is 7.33. The molecule has 0 bridgehead atoms. The van der Waals surface area contributed by atoms with Crippen LogP contribution < -0.4 is 11.1 Å². The van der Waals surface area contributed by atoms with Crippen LogP contribution in [0, 0.1) is 5.41 Å². The van der Waals surface area contributed by atoms with Gasteiger partial charge in [0.25, 0.3) is 0 Å². The van der Waals surface area contributed by atoms with Gasteiger partial charge in [0.15, 0.2) is 5.84 Å². The van der Waals surface area contributed by atoms with Crippen LogP contribution in [0.2, 0.25) is 0 Å². The quantitative estimate of drug-likeness (QED) is 0.287. The predicted octanol–water partition coefficient (Wildman–Crippen LogP) is 0.751. The van der Waals surface area contributed by atoms with Gasteiger partial charge in [0.05, 0.1) is 0 Å². The van der Waals surface area contributed by atoms with Gasteiger partial charge in [-0.15, -0.1) is 0 Å². The molecule has 1 rings (SSSR count). The van der Waals surface area contributed by atoms with Crippen molar-refractivity contribution < 1.29 is 10.0 Å². The number of carbonyl (C=O) groups excluding carboxylic acids is 1. The first kappa shape index (κ1) is 15.8. The molecule has 0 atom stereocenters. The monoisotopic (exact) mass is 270 g/mol. The molecule has 4 N–H and O–H groups in total. The summed E-state index contributed by atoms with van der Waals surface area (Å²) in [6, 6.07) is 0. The van der Waals surface area contributed by atoms with Crippen LogP contribution in [0.3, 0.4) is 0 Å². The molecule has 0 aromatic heterocycles. The Balaban J connectivity index is 2.63. The number of nitrogens with zero attached hydrogens (tertiary/aromatic N) is 2. The second-order valence-electron chi connectivity index (χ2n) is 5.28. The van der Waals surface area contributed by atoms with Crippen LogP contribution in [0.5, 0.6) is 0 Å². The highest BCUT2D eigenvalue weighted by molar-refractivity contribution is 6.06. The molecule has 0 saturated heterocycles. The smallest absolute Gasteiger partial charge is 0.233 e. The third-order valence-corrected chi connectivity index (χ3v) is 4.06. The fourth-order valence-corrected chi connectivity index (χ4v) is 2.54. The standard InChI is InChI=1S/C13H26N4O2/c1-3-17(2)10-9-15-12(18)13(11(14)16-19)7-5-4-6-8-13/h19H,3-10H2,1-2H3,(H2,14,16)(H,15,18). The lowest BCUT2D eigenvalue weighted by Crippen LogP contribution is -2.51. The summed E-state index contributed by atoms with van der Waals surface area (Å²) < 4.78 is 0. The molecule has 0 aliphatic heterocycles. The molecule has 0 aromatic carbocycles.